The molecule has 0 atom stereocenters. The Morgan fingerprint density at radius 2 is 1.92 bits per heavy atom. The first kappa shape index (κ1) is 18.1. The van der Waals surface area contributed by atoms with Gasteiger partial charge in [0.15, 0.2) is 0 Å². The summed E-state index contributed by atoms with van der Waals surface area (Å²) in [5, 5.41) is 7.98. The minimum atomic E-state index is -0.346. The number of nitrogens with zero attached hydrogens (tertiary/aromatic N) is 2. The average Bonchev–Trinajstić information content (AvgIpc) is 3.08. The summed E-state index contributed by atoms with van der Waals surface area (Å²) < 4.78 is 14.8. The van der Waals surface area contributed by atoms with Crippen molar-refractivity contribution in [1.82, 2.24) is 15.1 Å². The molecule has 0 fully saturated rings. The Kier molecular flexibility index (Phi) is 5.68. The van der Waals surface area contributed by atoms with Crippen molar-refractivity contribution in [2.45, 2.75) is 19.8 Å². The van der Waals surface area contributed by atoms with Crippen LogP contribution in [0.25, 0.3) is 16.9 Å². The summed E-state index contributed by atoms with van der Waals surface area (Å²) in [7, 11) is 0. The lowest BCUT2D eigenvalue weighted by Gasteiger charge is -2.08. The molecule has 26 heavy (non-hydrogen) atoms. The van der Waals surface area contributed by atoms with Crippen LogP contribution >= 0.6 is 11.6 Å². The van der Waals surface area contributed by atoms with Crippen LogP contribution in [0, 0.1) is 5.82 Å². The van der Waals surface area contributed by atoms with Crippen LogP contribution < -0.4 is 5.32 Å². The van der Waals surface area contributed by atoms with Crippen molar-refractivity contribution in [3.05, 3.63) is 71.1 Å². The number of amides is 1. The van der Waals surface area contributed by atoms with Gasteiger partial charge >= 0.3 is 0 Å². The van der Waals surface area contributed by atoms with E-state index in [1.165, 1.54) is 16.8 Å². The van der Waals surface area contributed by atoms with E-state index in [0.29, 0.717) is 28.6 Å². The van der Waals surface area contributed by atoms with Gasteiger partial charge in [0.2, 0.25) is 0 Å². The number of unbranched alkanes of at least 4 members (excludes halogenated alkanes) is 1. The summed E-state index contributed by atoms with van der Waals surface area (Å²) in [5.74, 6) is -0.574. The normalized spacial score (nSPS) is 10.7. The molecule has 0 aliphatic heterocycles. The zero-order valence-electron chi connectivity index (χ0n) is 14.4. The molecule has 0 bridgehead atoms. The fraction of sp³-hybridized carbons (Fsp3) is 0.200. The van der Waals surface area contributed by atoms with Gasteiger partial charge in [-0.2, -0.15) is 5.10 Å². The Labute approximate surface area is 156 Å². The zero-order valence-corrected chi connectivity index (χ0v) is 15.1. The lowest BCUT2D eigenvalue weighted by Crippen LogP contribution is -2.26. The molecule has 4 nitrogen and oxygen atoms in total. The van der Waals surface area contributed by atoms with Crippen molar-refractivity contribution in [1.29, 1.82) is 0 Å². The van der Waals surface area contributed by atoms with Gasteiger partial charge in [0.05, 0.1) is 16.4 Å². The summed E-state index contributed by atoms with van der Waals surface area (Å²) in [5.41, 5.74) is 2.30. The number of benzene rings is 2. The SMILES string of the molecule is CCCCNC(=O)c1cc(-c2ccccc2Cl)nn1-c1ccc(F)cc1. The number of carbonyl (C=O) groups excluding carboxylic acids is 1. The minimum absolute atomic E-state index is 0.228. The van der Waals surface area contributed by atoms with E-state index in [9.17, 15) is 9.18 Å². The number of nitrogens with one attached hydrogen (secondary N) is 1. The molecule has 3 rings (SSSR count). The van der Waals surface area contributed by atoms with Crippen molar-refractivity contribution in [3.8, 4) is 16.9 Å². The molecular formula is C20H19ClFN3O. The highest BCUT2D eigenvalue weighted by Crippen LogP contribution is 2.28. The number of hydrogen-bond donors (Lipinski definition) is 1. The fourth-order valence-corrected chi connectivity index (χ4v) is 2.82. The summed E-state index contributed by atoms with van der Waals surface area (Å²) in [4.78, 5) is 12.6. The molecule has 0 spiro atoms. The second-order valence-corrected chi connectivity index (χ2v) is 6.30. The molecule has 1 N–H and O–H groups in total. The van der Waals surface area contributed by atoms with Crippen LogP contribution in [0.15, 0.2) is 54.6 Å². The van der Waals surface area contributed by atoms with Gasteiger partial charge in [0, 0.05) is 12.1 Å². The summed E-state index contributed by atoms with van der Waals surface area (Å²) in [6.07, 6.45) is 1.89. The zero-order chi connectivity index (χ0) is 18.5. The third kappa shape index (κ3) is 3.94. The van der Waals surface area contributed by atoms with Gasteiger partial charge in [-0.3, -0.25) is 4.79 Å². The lowest BCUT2D eigenvalue weighted by molar-refractivity contribution is 0.0945. The molecule has 0 saturated carbocycles. The van der Waals surface area contributed by atoms with E-state index in [4.69, 9.17) is 11.6 Å². The third-order valence-corrected chi connectivity index (χ3v) is 4.31. The van der Waals surface area contributed by atoms with Gasteiger partial charge in [-0.25, -0.2) is 9.07 Å². The maximum Gasteiger partial charge on any atom is 0.270 e. The first-order chi connectivity index (χ1) is 12.6. The minimum Gasteiger partial charge on any atom is -0.351 e. The van der Waals surface area contributed by atoms with Gasteiger partial charge in [-0.1, -0.05) is 43.1 Å². The maximum atomic E-state index is 13.3. The van der Waals surface area contributed by atoms with E-state index < -0.39 is 0 Å². The van der Waals surface area contributed by atoms with Gasteiger partial charge in [-0.05, 0) is 42.8 Å². The first-order valence-corrected chi connectivity index (χ1v) is 8.87. The summed E-state index contributed by atoms with van der Waals surface area (Å²) >= 11 is 6.27. The largest absolute Gasteiger partial charge is 0.351 e. The molecule has 0 aliphatic rings. The lowest BCUT2D eigenvalue weighted by atomic mass is 10.1. The standard InChI is InChI=1S/C20H19ClFN3O/c1-2-3-12-23-20(26)19-13-18(16-6-4-5-7-17(16)21)24-25(19)15-10-8-14(22)9-11-15/h4-11,13H,2-3,12H2,1H3,(H,23,26). The van der Waals surface area contributed by atoms with Crippen LogP contribution in [0.3, 0.4) is 0 Å². The van der Waals surface area contributed by atoms with Crippen LogP contribution in [0.4, 0.5) is 4.39 Å². The Morgan fingerprint density at radius 1 is 1.19 bits per heavy atom. The predicted molar refractivity (Wildman–Crippen MR) is 101 cm³/mol. The van der Waals surface area contributed by atoms with Gasteiger partial charge in [0.1, 0.15) is 11.5 Å². The van der Waals surface area contributed by atoms with E-state index in [1.54, 1.807) is 24.3 Å². The van der Waals surface area contributed by atoms with Crippen molar-refractivity contribution >= 4 is 17.5 Å². The highest BCUT2D eigenvalue weighted by molar-refractivity contribution is 6.33. The van der Waals surface area contributed by atoms with E-state index in [1.807, 2.05) is 18.2 Å². The van der Waals surface area contributed by atoms with E-state index in [-0.39, 0.29) is 11.7 Å². The molecule has 0 saturated heterocycles. The second kappa shape index (κ2) is 8.15. The van der Waals surface area contributed by atoms with Gasteiger partial charge in [0.25, 0.3) is 5.91 Å². The Hall–Kier alpha value is -2.66. The highest BCUT2D eigenvalue weighted by Gasteiger charge is 2.18. The third-order valence-electron chi connectivity index (χ3n) is 3.98. The molecule has 2 aromatic carbocycles. The molecule has 0 aliphatic carbocycles. The average molecular weight is 372 g/mol. The molecule has 134 valence electrons. The van der Waals surface area contributed by atoms with Crippen molar-refractivity contribution in [2.24, 2.45) is 0 Å². The predicted octanol–water partition coefficient (Wildman–Crippen LogP) is 4.86. The quantitative estimate of drug-likeness (QED) is 0.629. The first-order valence-electron chi connectivity index (χ1n) is 8.49. The molecule has 0 unspecified atom stereocenters. The number of hydrogen-bond acceptors (Lipinski definition) is 2. The van der Waals surface area contributed by atoms with Crippen LogP contribution in [0.5, 0.6) is 0 Å². The summed E-state index contributed by atoms with van der Waals surface area (Å²) in [6, 6.07) is 14.9. The Bertz CT molecular complexity index is 906. The molecule has 0 radical (unpaired) electrons. The number of halogens is 2. The monoisotopic (exact) mass is 371 g/mol. The van der Waals surface area contributed by atoms with Crippen LogP contribution in [-0.4, -0.2) is 22.2 Å². The second-order valence-electron chi connectivity index (χ2n) is 5.89. The van der Waals surface area contributed by atoms with Crippen LogP contribution in [0.1, 0.15) is 30.3 Å². The number of carbonyl (C=O) groups is 1. The van der Waals surface area contributed by atoms with Crippen LogP contribution in [0.2, 0.25) is 5.02 Å². The highest BCUT2D eigenvalue weighted by atomic mass is 35.5. The Balaban J connectivity index is 2.04. The molecular weight excluding hydrogens is 353 g/mol. The van der Waals surface area contributed by atoms with Crippen molar-refractivity contribution in [2.75, 3.05) is 6.54 Å². The molecule has 1 aromatic heterocycles. The molecule has 6 heteroatoms. The van der Waals surface area contributed by atoms with Crippen LogP contribution in [-0.2, 0) is 0 Å². The van der Waals surface area contributed by atoms with Gasteiger partial charge in [-0.15, -0.1) is 0 Å². The number of rotatable bonds is 6. The van der Waals surface area contributed by atoms with Crippen molar-refractivity contribution in [3.63, 3.8) is 0 Å². The molecule has 1 amide bonds. The maximum absolute atomic E-state index is 13.3. The molecule has 1 heterocycles. The fourth-order valence-electron chi connectivity index (χ4n) is 2.59. The van der Waals surface area contributed by atoms with E-state index in [2.05, 4.69) is 17.3 Å². The Morgan fingerprint density at radius 3 is 2.62 bits per heavy atom. The topological polar surface area (TPSA) is 46.9 Å². The van der Waals surface area contributed by atoms with E-state index >= 15 is 0 Å². The van der Waals surface area contributed by atoms with Gasteiger partial charge < -0.3 is 5.32 Å². The smallest absolute Gasteiger partial charge is 0.270 e. The molecule has 3 aromatic rings. The van der Waals surface area contributed by atoms with E-state index in [0.717, 1.165) is 18.4 Å². The summed E-state index contributed by atoms with van der Waals surface area (Å²) in [6.45, 7) is 2.65. The van der Waals surface area contributed by atoms with Crippen molar-refractivity contribution < 1.29 is 9.18 Å². The number of aromatic nitrogens is 2.